The van der Waals surface area contributed by atoms with E-state index in [9.17, 15) is 14.7 Å². The first-order valence-corrected chi connectivity index (χ1v) is 8.69. The van der Waals surface area contributed by atoms with Crippen molar-refractivity contribution in [2.45, 2.75) is 12.0 Å². The molecule has 0 saturated carbocycles. The normalized spacial score (nSPS) is 18.7. The van der Waals surface area contributed by atoms with Gasteiger partial charge in [-0.05, 0) is 29.0 Å². The van der Waals surface area contributed by atoms with Crippen molar-refractivity contribution in [3.63, 3.8) is 0 Å². The van der Waals surface area contributed by atoms with Gasteiger partial charge < -0.3 is 10.4 Å². The number of hydrogen-bond donors (Lipinski definition) is 2. The highest BCUT2D eigenvalue weighted by molar-refractivity contribution is 6.36. The third-order valence-corrected chi connectivity index (χ3v) is 5.10. The third-order valence-electron chi connectivity index (χ3n) is 4.58. The second-order valence-corrected chi connectivity index (χ2v) is 7.13. The SMILES string of the molecule is O=C(CC1(O)C(=O)Nc2cc(Cl)cc(Cl)c21)c1ccc2ccccc2c1. The number of aliphatic hydroxyl groups is 1. The Morgan fingerprint density at radius 3 is 2.54 bits per heavy atom. The molecule has 1 aliphatic heterocycles. The zero-order valence-electron chi connectivity index (χ0n) is 13.4. The number of hydrogen-bond acceptors (Lipinski definition) is 3. The molecule has 0 radical (unpaired) electrons. The third kappa shape index (κ3) is 2.67. The van der Waals surface area contributed by atoms with E-state index in [2.05, 4.69) is 5.32 Å². The highest BCUT2D eigenvalue weighted by Crippen LogP contribution is 2.44. The summed E-state index contributed by atoms with van der Waals surface area (Å²) in [6.45, 7) is 0. The minimum atomic E-state index is -2.03. The molecule has 1 heterocycles. The summed E-state index contributed by atoms with van der Waals surface area (Å²) < 4.78 is 0. The van der Waals surface area contributed by atoms with Crippen molar-refractivity contribution in [2.24, 2.45) is 0 Å². The van der Waals surface area contributed by atoms with Gasteiger partial charge in [0.05, 0.1) is 17.1 Å². The topological polar surface area (TPSA) is 66.4 Å². The second kappa shape index (κ2) is 6.09. The molecule has 26 heavy (non-hydrogen) atoms. The maximum Gasteiger partial charge on any atom is 0.261 e. The molecule has 4 rings (SSSR count). The van der Waals surface area contributed by atoms with Crippen molar-refractivity contribution in [1.82, 2.24) is 0 Å². The van der Waals surface area contributed by atoms with Crippen LogP contribution in [0.2, 0.25) is 10.0 Å². The number of nitrogens with one attached hydrogen (secondary N) is 1. The van der Waals surface area contributed by atoms with Crippen LogP contribution in [0.15, 0.2) is 54.6 Å². The molecule has 0 saturated heterocycles. The number of fused-ring (bicyclic) bond motifs is 2. The van der Waals surface area contributed by atoms with E-state index in [4.69, 9.17) is 23.2 Å². The summed E-state index contributed by atoms with van der Waals surface area (Å²) in [5, 5.41) is 15.9. The van der Waals surface area contributed by atoms with Gasteiger partial charge in [0.25, 0.3) is 5.91 Å². The monoisotopic (exact) mass is 385 g/mol. The lowest BCUT2D eigenvalue weighted by atomic mass is 9.87. The fourth-order valence-corrected chi connectivity index (χ4v) is 3.95. The van der Waals surface area contributed by atoms with Crippen LogP contribution >= 0.6 is 23.2 Å². The second-order valence-electron chi connectivity index (χ2n) is 6.29. The highest BCUT2D eigenvalue weighted by Gasteiger charge is 2.48. The molecule has 130 valence electrons. The standard InChI is InChI=1S/C20H13Cl2NO3/c21-14-8-15(22)18-16(9-14)23-19(25)20(18,26)10-17(24)13-6-5-11-3-1-2-4-12(11)7-13/h1-9,26H,10H2,(H,23,25). The molecule has 3 aromatic carbocycles. The number of carbonyl (C=O) groups is 2. The van der Waals surface area contributed by atoms with Gasteiger partial charge in [-0.3, -0.25) is 9.59 Å². The number of benzene rings is 3. The quantitative estimate of drug-likeness (QED) is 0.649. The predicted molar refractivity (Wildman–Crippen MR) is 102 cm³/mol. The minimum absolute atomic E-state index is 0.139. The van der Waals surface area contributed by atoms with Crippen LogP contribution in [0.1, 0.15) is 22.3 Å². The first-order valence-electron chi connectivity index (χ1n) is 7.94. The number of rotatable bonds is 3. The van der Waals surface area contributed by atoms with Gasteiger partial charge in [-0.25, -0.2) is 0 Å². The van der Waals surface area contributed by atoms with E-state index in [0.717, 1.165) is 10.8 Å². The van der Waals surface area contributed by atoms with Gasteiger partial charge in [0, 0.05) is 16.1 Å². The first kappa shape index (κ1) is 17.0. The molecule has 3 aromatic rings. The molecule has 1 unspecified atom stereocenters. The van der Waals surface area contributed by atoms with Crippen molar-refractivity contribution >= 4 is 51.4 Å². The van der Waals surface area contributed by atoms with E-state index in [1.807, 2.05) is 30.3 Å². The summed E-state index contributed by atoms with van der Waals surface area (Å²) in [4.78, 5) is 25.2. The van der Waals surface area contributed by atoms with Gasteiger partial charge in [0.15, 0.2) is 11.4 Å². The van der Waals surface area contributed by atoms with Gasteiger partial charge in [-0.2, -0.15) is 0 Å². The number of halogens is 2. The van der Waals surface area contributed by atoms with Crippen LogP contribution in [0.4, 0.5) is 5.69 Å². The summed E-state index contributed by atoms with van der Waals surface area (Å²) in [5.41, 5.74) is -1.10. The fraction of sp³-hybridized carbons (Fsp3) is 0.100. The predicted octanol–water partition coefficient (Wildman–Crippen LogP) is 4.56. The molecule has 1 amide bonds. The first-order chi connectivity index (χ1) is 12.4. The number of amides is 1. The van der Waals surface area contributed by atoms with Gasteiger partial charge in [0.1, 0.15) is 0 Å². The number of Topliss-reactive ketones (excluding diaryl/α,β-unsaturated/α-hetero) is 1. The Bertz CT molecular complexity index is 1080. The maximum absolute atomic E-state index is 12.8. The number of carbonyl (C=O) groups excluding carboxylic acids is 2. The molecule has 0 fully saturated rings. The summed E-state index contributed by atoms with van der Waals surface area (Å²) in [6, 6.07) is 15.9. The zero-order valence-corrected chi connectivity index (χ0v) is 14.9. The Hall–Kier alpha value is -2.40. The molecule has 0 aliphatic carbocycles. The van der Waals surface area contributed by atoms with Crippen LogP contribution in [0.25, 0.3) is 10.8 Å². The van der Waals surface area contributed by atoms with Crippen LogP contribution in [-0.2, 0) is 10.4 Å². The Labute approximate surface area is 159 Å². The zero-order chi connectivity index (χ0) is 18.5. The van der Waals surface area contributed by atoms with Crippen molar-refractivity contribution < 1.29 is 14.7 Å². The van der Waals surface area contributed by atoms with Crippen molar-refractivity contribution in [3.8, 4) is 0 Å². The maximum atomic E-state index is 12.8. The van der Waals surface area contributed by atoms with E-state index in [0.29, 0.717) is 16.3 Å². The van der Waals surface area contributed by atoms with Crippen LogP contribution in [0, 0.1) is 0 Å². The highest BCUT2D eigenvalue weighted by atomic mass is 35.5. The van der Waals surface area contributed by atoms with Gasteiger partial charge in [-0.1, -0.05) is 59.6 Å². The van der Waals surface area contributed by atoms with E-state index in [-0.39, 0.29) is 16.4 Å². The van der Waals surface area contributed by atoms with Gasteiger partial charge in [-0.15, -0.1) is 0 Å². The summed E-state index contributed by atoms with van der Waals surface area (Å²) >= 11 is 12.1. The lowest BCUT2D eigenvalue weighted by Gasteiger charge is -2.21. The molecule has 6 heteroatoms. The van der Waals surface area contributed by atoms with Crippen molar-refractivity contribution in [1.29, 1.82) is 0 Å². The lowest BCUT2D eigenvalue weighted by molar-refractivity contribution is -0.133. The molecule has 0 spiro atoms. The smallest absolute Gasteiger partial charge is 0.261 e. The van der Waals surface area contributed by atoms with E-state index >= 15 is 0 Å². The Morgan fingerprint density at radius 2 is 1.77 bits per heavy atom. The molecule has 0 bridgehead atoms. The fourth-order valence-electron chi connectivity index (χ4n) is 3.30. The summed E-state index contributed by atoms with van der Waals surface area (Å²) in [5.74, 6) is -1.04. The number of anilines is 1. The summed E-state index contributed by atoms with van der Waals surface area (Å²) in [7, 11) is 0. The number of ketones is 1. The Morgan fingerprint density at radius 1 is 1.04 bits per heavy atom. The Kier molecular flexibility index (Phi) is 3.99. The van der Waals surface area contributed by atoms with Crippen LogP contribution in [0.3, 0.4) is 0 Å². The van der Waals surface area contributed by atoms with E-state index in [1.165, 1.54) is 12.1 Å². The van der Waals surface area contributed by atoms with Crippen molar-refractivity contribution in [3.05, 3.63) is 75.8 Å². The average molecular weight is 386 g/mol. The average Bonchev–Trinajstić information content (AvgIpc) is 2.84. The summed E-state index contributed by atoms with van der Waals surface area (Å²) in [6.07, 6.45) is -0.411. The van der Waals surface area contributed by atoms with Crippen LogP contribution in [0.5, 0.6) is 0 Å². The molecule has 1 aliphatic rings. The minimum Gasteiger partial charge on any atom is -0.375 e. The van der Waals surface area contributed by atoms with Crippen LogP contribution in [-0.4, -0.2) is 16.8 Å². The lowest BCUT2D eigenvalue weighted by Crippen LogP contribution is -2.36. The van der Waals surface area contributed by atoms with E-state index in [1.54, 1.807) is 12.1 Å². The molecule has 1 atom stereocenters. The van der Waals surface area contributed by atoms with Gasteiger partial charge in [0.2, 0.25) is 0 Å². The molecular weight excluding hydrogens is 373 g/mol. The Balaban J connectivity index is 1.72. The van der Waals surface area contributed by atoms with Gasteiger partial charge >= 0.3 is 0 Å². The van der Waals surface area contributed by atoms with Crippen molar-refractivity contribution in [2.75, 3.05) is 5.32 Å². The molecule has 4 nitrogen and oxygen atoms in total. The van der Waals surface area contributed by atoms with Crippen LogP contribution < -0.4 is 5.32 Å². The molecule has 0 aromatic heterocycles. The molecular formula is C20H13Cl2NO3. The largest absolute Gasteiger partial charge is 0.375 e. The molecule has 2 N–H and O–H groups in total. The van der Waals surface area contributed by atoms with E-state index < -0.39 is 17.9 Å².